The number of sulfonamides is 1. The topological polar surface area (TPSA) is 62.6 Å². The third-order valence-corrected chi connectivity index (χ3v) is 5.71. The lowest BCUT2D eigenvalue weighted by Crippen LogP contribution is -2.32. The molecule has 21 heavy (non-hydrogen) atoms. The first-order valence-electron chi connectivity index (χ1n) is 7.34. The molecule has 0 aliphatic rings. The van der Waals surface area contributed by atoms with Gasteiger partial charge in [-0.15, -0.1) is 0 Å². The van der Waals surface area contributed by atoms with Gasteiger partial charge in [0.2, 0.25) is 10.0 Å². The predicted octanol–water partition coefficient (Wildman–Crippen LogP) is 3.35. The Hall–Kier alpha value is -0.370. The molecule has 0 spiro atoms. The van der Waals surface area contributed by atoms with E-state index >= 15 is 0 Å². The summed E-state index contributed by atoms with van der Waals surface area (Å²) in [6.07, 6.45) is 1.58. The molecular weight excluding hydrogens is 356 g/mol. The molecule has 1 heterocycles. The van der Waals surface area contributed by atoms with Gasteiger partial charge in [0.05, 0.1) is 6.54 Å². The van der Waals surface area contributed by atoms with Crippen LogP contribution in [-0.2, 0) is 16.6 Å². The van der Waals surface area contributed by atoms with Crippen molar-refractivity contribution in [1.82, 2.24) is 9.62 Å². The average Bonchev–Trinajstić information content (AvgIpc) is 2.78. The molecule has 5 nitrogen and oxygen atoms in total. The van der Waals surface area contributed by atoms with Crippen LogP contribution >= 0.6 is 15.9 Å². The zero-order chi connectivity index (χ0) is 16.0. The lowest BCUT2D eigenvalue weighted by Gasteiger charge is -2.20. The molecule has 1 rings (SSSR count). The highest BCUT2D eigenvalue weighted by Gasteiger charge is 2.28. The van der Waals surface area contributed by atoms with E-state index in [0.29, 0.717) is 31.4 Å². The summed E-state index contributed by atoms with van der Waals surface area (Å²) in [6, 6.07) is 1.92. The molecule has 0 aliphatic heterocycles. The van der Waals surface area contributed by atoms with Crippen LogP contribution in [0.3, 0.4) is 0 Å². The standard InChI is InChI=1S/C14H25BrN2O3S/c1-5-7-17(8-6-2)21(18,19)13-9-12(20-14(13)15)10-16-11(3)4/h9,11,16H,5-8,10H2,1-4H3. The zero-order valence-corrected chi connectivity index (χ0v) is 15.6. The van der Waals surface area contributed by atoms with Gasteiger partial charge in [0.25, 0.3) is 0 Å². The van der Waals surface area contributed by atoms with Crippen LogP contribution in [0.1, 0.15) is 46.3 Å². The first-order valence-corrected chi connectivity index (χ1v) is 9.57. The molecule has 7 heteroatoms. The van der Waals surface area contributed by atoms with E-state index in [9.17, 15) is 8.42 Å². The lowest BCUT2D eigenvalue weighted by atomic mass is 10.3. The minimum Gasteiger partial charge on any atom is -0.452 e. The molecule has 1 aromatic heterocycles. The predicted molar refractivity (Wildman–Crippen MR) is 87.7 cm³/mol. The Morgan fingerprint density at radius 3 is 2.33 bits per heavy atom. The molecule has 0 saturated carbocycles. The highest BCUT2D eigenvalue weighted by atomic mass is 79.9. The fraction of sp³-hybridized carbons (Fsp3) is 0.714. The molecule has 1 N–H and O–H groups in total. The van der Waals surface area contributed by atoms with Crippen LogP contribution in [0.4, 0.5) is 0 Å². The summed E-state index contributed by atoms with van der Waals surface area (Å²) >= 11 is 3.23. The van der Waals surface area contributed by atoms with E-state index in [4.69, 9.17) is 4.42 Å². The van der Waals surface area contributed by atoms with Gasteiger partial charge in [0.1, 0.15) is 10.7 Å². The Bertz CT molecular complexity index is 534. The van der Waals surface area contributed by atoms with Crippen LogP contribution in [0.2, 0.25) is 0 Å². The molecule has 0 aromatic carbocycles. The number of halogens is 1. The summed E-state index contributed by atoms with van der Waals surface area (Å²) in [7, 11) is -3.51. The Morgan fingerprint density at radius 1 is 1.29 bits per heavy atom. The number of hydrogen-bond donors (Lipinski definition) is 1. The van der Waals surface area contributed by atoms with Crippen molar-refractivity contribution in [3.05, 3.63) is 16.5 Å². The average molecular weight is 381 g/mol. The minimum absolute atomic E-state index is 0.213. The number of nitrogens with one attached hydrogen (secondary N) is 1. The fourth-order valence-corrected chi connectivity index (χ4v) is 4.54. The highest BCUT2D eigenvalue weighted by molar-refractivity contribution is 9.10. The van der Waals surface area contributed by atoms with Crippen molar-refractivity contribution >= 4 is 26.0 Å². The van der Waals surface area contributed by atoms with Crippen LogP contribution in [0, 0.1) is 0 Å². The number of hydrogen-bond acceptors (Lipinski definition) is 4. The second-order valence-electron chi connectivity index (χ2n) is 5.29. The quantitative estimate of drug-likeness (QED) is 0.713. The fourth-order valence-electron chi connectivity index (χ4n) is 1.96. The Kier molecular flexibility index (Phi) is 7.39. The first kappa shape index (κ1) is 18.7. The number of furan rings is 1. The molecule has 0 amide bonds. The van der Waals surface area contributed by atoms with Crippen LogP contribution in [0.25, 0.3) is 0 Å². The van der Waals surface area contributed by atoms with Gasteiger partial charge >= 0.3 is 0 Å². The third-order valence-electron chi connectivity index (χ3n) is 2.95. The third kappa shape index (κ3) is 5.09. The van der Waals surface area contributed by atoms with Crippen molar-refractivity contribution in [1.29, 1.82) is 0 Å². The van der Waals surface area contributed by atoms with Gasteiger partial charge < -0.3 is 9.73 Å². The molecule has 0 atom stereocenters. The molecule has 0 fully saturated rings. The van der Waals surface area contributed by atoms with Crippen molar-refractivity contribution in [3.8, 4) is 0 Å². The Balaban J connectivity index is 3.01. The van der Waals surface area contributed by atoms with Gasteiger partial charge in [0.15, 0.2) is 4.67 Å². The van der Waals surface area contributed by atoms with Crippen molar-refractivity contribution in [2.24, 2.45) is 0 Å². The molecular formula is C14H25BrN2O3S. The summed E-state index contributed by atoms with van der Waals surface area (Å²) in [5.41, 5.74) is 0. The van der Waals surface area contributed by atoms with Gasteiger partial charge in [-0.3, -0.25) is 0 Å². The smallest absolute Gasteiger partial charge is 0.247 e. The van der Waals surface area contributed by atoms with Crippen LogP contribution in [0.5, 0.6) is 0 Å². The molecule has 0 bridgehead atoms. The van der Waals surface area contributed by atoms with Crippen LogP contribution in [-0.4, -0.2) is 31.9 Å². The van der Waals surface area contributed by atoms with E-state index in [0.717, 1.165) is 12.8 Å². The summed E-state index contributed by atoms with van der Waals surface area (Å²) in [4.78, 5) is 0.213. The highest BCUT2D eigenvalue weighted by Crippen LogP contribution is 2.29. The molecule has 0 unspecified atom stereocenters. The van der Waals surface area contributed by atoms with Gasteiger partial charge in [-0.1, -0.05) is 27.7 Å². The Labute approximate surface area is 136 Å². The largest absolute Gasteiger partial charge is 0.452 e. The molecule has 1 aromatic rings. The maximum Gasteiger partial charge on any atom is 0.247 e. The van der Waals surface area contributed by atoms with Crippen molar-refractivity contribution in [2.45, 2.75) is 58.0 Å². The SMILES string of the molecule is CCCN(CCC)S(=O)(=O)c1cc(CNC(C)C)oc1Br. The van der Waals surface area contributed by atoms with E-state index in [2.05, 4.69) is 21.2 Å². The number of rotatable bonds is 9. The summed E-state index contributed by atoms with van der Waals surface area (Å²) in [6.45, 7) is 9.55. The van der Waals surface area contributed by atoms with E-state index in [1.807, 2.05) is 27.7 Å². The van der Waals surface area contributed by atoms with Crippen LogP contribution < -0.4 is 5.32 Å². The zero-order valence-electron chi connectivity index (χ0n) is 13.1. The van der Waals surface area contributed by atoms with Crippen molar-refractivity contribution < 1.29 is 12.8 Å². The van der Waals surface area contributed by atoms with Gasteiger partial charge in [-0.2, -0.15) is 4.31 Å². The van der Waals surface area contributed by atoms with Crippen molar-refractivity contribution in [2.75, 3.05) is 13.1 Å². The monoisotopic (exact) mass is 380 g/mol. The molecule has 0 aliphatic carbocycles. The minimum atomic E-state index is -3.51. The normalized spacial score (nSPS) is 12.5. The van der Waals surface area contributed by atoms with Gasteiger partial charge in [-0.05, 0) is 28.8 Å². The molecule has 0 saturated heterocycles. The Morgan fingerprint density at radius 2 is 1.86 bits per heavy atom. The maximum atomic E-state index is 12.7. The second kappa shape index (κ2) is 8.31. The molecule has 0 radical (unpaired) electrons. The van der Waals surface area contributed by atoms with E-state index < -0.39 is 10.0 Å². The second-order valence-corrected chi connectivity index (χ2v) is 7.92. The van der Waals surface area contributed by atoms with E-state index in [-0.39, 0.29) is 9.56 Å². The van der Waals surface area contributed by atoms with Gasteiger partial charge in [-0.25, -0.2) is 8.42 Å². The van der Waals surface area contributed by atoms with Crippen molar-refractivity contribution in [3.63, 3.8) is 0 Å². The lowest BCUT2D eigenvalue weighted by molar-refractivity contribution is 0.407. The number of nitrogens with zero attached hydrogens (tertiary/aromatic N) is 1. The van der Waals surface area contributed by atoms with Gasteiger partial charge in [0, 0.05) is 25.2 Å². The summed E-state index contributed by atoms with van der Waals surface area (Å²) < 4.78 is 32.7. The summed E-state index contributed by atoms with van der Waals surface area (Å²) in [5, 5.41) is 3.21. The van der Waals surface area contributed by atoms with E-state index in [1.165, 1.54) is 4.31 Å². The van der Waals surface area contributed by atoms with E-state index in [1.54, 1.807) is 6.07 Å². The first-order chi connectivity index (χ1) is 9.82. The summed E-state index contributed by atoms with van der Waals surface area (Å²) in [5.74, 6) is 0.613. The maximum absolute atomic E-state index is 12.7. The van der Waals surface area contributed by atoms with Crippen LogP contribution in [0.15, 0.2) is 20.0 Å². The molecule has 122 valence electrons.